The summed E-state index contributed by atoms with van der Waals surface area (Å²) in [6.45, 7) is 4.50. The maximum atomic E-state index is 13.0. The molecule has 2 aliphatic heterocycles. The lowest BCUT2D eigenvalue weighted by atomic mass is 10.0. The zero-order valence-corrected chi connectivity index (χ0v) is 12.7. The average molecular weight is 323 g/mol. The Bertz CT molecular complexity index is 1080. The minimum absolute atomic E-state index is 0.102. The fraction of sp³-hybridized carbons (Fsp3) is 0.167. The number of fused-ring (bicyclic) bond motifs is 5. The molecule has 2 aromatic carbocycles. The van der Waals surface area contributed by atoms with Crippen molar-refractivity contribution in [1.82, 2.24) is 4.57 Å². The van der Waals surface area contributed by atoms with E-state index in [0.717, 1.165) is 16.3 Å². The van der Waals surface area contributed by atoms with E-state index in [9.17, 15) is 4.79 Å². The summed E-state index contributed by atoms with van der Waals surface area (Å²) in [6, 6.07) is 7.33. The lowest BCUT2D eigenvalue weighted by Crippen LogP contribution is -2.20. The van der Waals surface area contributed by atoms with Crippen molar-refractivity contribution in [3.63, 3.8) is 0 Å². The molecule has 6 heteroatoms. The highest BCUT2D eigenvalue weighted by atomic mass is 16.7. The molecule has 3 aromatic rings. The van der Waals surface area contributed by atoms with E-state index in [-0.39, 0.29) is 19.1 Å². The number of hydrogen-bond acceptors (Lipinski definition) is 5. The molecule has 6 nitrogen and oxygen atoms in total. The molecule has 2 aliphatic rings. The predicted octanol–water partition coefficient (Wildman–Crippen LogP) is 2.80. The topological polar surface area (TPSA) is 58.9 Å². The Balaban J connectivity index is 1.98. The molecule has 0 bridgehead atoms. The summed E-state index contributed by atoms with van der Waals surface area (Å²) < 4.78 is 23.5. The van der Waals surface area contributed by atoms with Crippen molar-refractivity contribution in [3.05, 3.63) is 47.3 Å². The highest BCUT2D eigenvalue weighted by Gasteiger charge is 2.22. The van der Waals surface area contributed by atoms with Gasteiger partial charge in [-0.05, 0) is 18.2 Å². The fourth-order valence-electron chi connectivity index (χ4n) is 3.28. The van der Waals surface area contributed by atoms with E-state index in [0.29, 0.717) is 34.9 Å². The van der Waals surface area contributed by atoms with Gasteiger partial charge in [-0.1, -0.05) is 6.08 Å². The summed E-state index contributed by atoms with van der Waals surface area (Å²) in [4.78, 5) is 13.0. The van der Waals surface area contributed by atoms with Crippen LogP contribution in [0.1, 0.15) is 0 Å². The largest absolute Gasteiger partial charge is 0.454 e. The van der Waals surface area contributed by atoms with Crippen LogP contribution in [0.3, 0.4) is 0 Å². The first kappa shape index (κ1) is 13.3. The second kappa shape index (κ2) is 4.67. The third-order valence-electron chi connectivity index (χ3n) is 4.37. The molecule has 0 saturated heterocycles. The van der Waals surface area contributed by atoms with E-state index in [1.165, 1.54) is 0 Å². The number of nitrogens with zero attached hydrogens (tertiary/aromatic N) is 1. The first-order chi connectivity index (χ1) is 11.8. The van der Waals surface area contributed by atoms with Gasteiger partial charge in [0.25, 0.3) is 5.56 Å². The molecule has 120 valence electrons. The number of pyridine rings is 1. The predicted molar refractivity (Wildman–Crippen MR) is 88.2 cm³/mol. The van der Waals surface area contributed by atoms with Crippen molar-refractivity contribution in [1.29, 1.82) is 0 Å². The summed E-state index contributed by atoms with van der Waals surface area (Å²) >= 11 is 0. The number of allylic oxidation sites excluding steroid dienone is 1. The molecule has 0 amide bonds. The molecular weight excluding hydrogens is 310 g/mol. The lowest BCUT2D eigenvalue weighted by Gasteiger charge is -2.13. The summed E-state index contributed by atoms with van der Waals surface area (Å²) in [5.74, 6) is 2.54. The third kappa shape index (κ3) is 1.68. The smallest absolute Gasteiger partial charge is 0.259 e. The van der Waals surface area contributed by atoms with Crippen LogP contribution >= 0.6 is 0 Å². The first-order valence-electron chi connectivity index (χ1n) is 7.56. The number of rotatable bonds is 2. The van der Waals surface area contributed by atoms with Crippen molar-refractivity contribution in [3.8, 4) is 23.0 Å². The van der Waals surface area contributed by atoms with Crippen LogP contribution < -0.4 is 24.5 Å². The van der Waals surface area contributed by atoms with Gasteiger partial charge >= 0.3 is 0 Å². The van der Waals surface area contributed by atoms with Gasteiger partial charge in [0.15, 0.2) is 23.0 Å². The monoisotopic (exact) mass is 323 g/mol. The Morgan fingerprint density at radius 3 is 2.04 bits per heavy atom. The van der Waals surface area contributed by atoms with Gasteiger partial charge in [0.1, 0.15) is 0 Å². The zero-order valence-electron chi connectivity index (χ0n) is 12.7. The van der Waals surface area contributed by atoms with E-state index in [2.05, 4.69) is 6.58 Å². The van der Waals surface area contributed by atoms with E-state index in [1.807, 2.05) is 18.2 Å². The minimum Gasteiger partial charge on any atom is -0.454 e. The van der Waals surface area contributed by atoms with Crippen molar-refractivity contribution >= 4 is 21.7 Å². The molecule has 0 fully saturated rings. The van der Waals surface area contributed by atoms with Crippen LogP contribution in [0.5, 0.6) is 23.0 Å². The number of hydrogen-bond donors (Lipinski definition) is 0. The van der Waals surface area contributed by atoms with E-state index >= 15 is 0 Å². The van der Waals surface area contributed by atoms with Crippen LogP contribution in [-0.2, 0) is 6.54 Å². The number of aromatic nitrogens is 1. The van der Waals surface area contributed by atoms with E-state index in [1.54, 1.807) is 16.7 Å². The van der Waals surface area contributed by atoms with Gasteiger partial charge in [-0.3, -0.25) is 4.79 Å². The van der Waals surface area contributed by atoms with Crippen LogP contribution in [0.15, 0.2) is 41.7 Å². The molecule has 0 radical (unpaired) electrons. The van der Waals surface area contributed by atoms with Gasteiger partial charge in [0.05, 0.1) is 10.9 Å². The second-order valence-electron chi connectivity index (χ2n) is 5.68. The fourth-order valence-corrected chi connectivity index (χ4v) is 3.28. The zero-order chi connectivity index (χ0) is 16.3. The molecule has 0 spiro atoms. The SMILES string of the molecule is C=CCn1c(=O)c2cc3c(cc2c2cc4c(cc21)OCO4)OCO3. The molecule has 1 aromatic heterocycles. The Labute approximate surface area is 136 Å². The Kier molecular flexibility index (Phi) is 2.59. The standard InChI is InChI=1S/C18H13NO5/c1-2-3-19-13-7-17-15(22-9-24-17)5-11(13)10-4-14-16(23-8-21-14)6-12(10)18(19)20/h2,4-7H,1,3,8-9H2. The molecule has 5 rings (SSSR count). The Hall–Kier alpha value is -3.15. The number of ether oxygens (including phenoxy) is 4. The van der Waals surface area contributed by atoms with Crippen LogP contribution in [-0.4, -0.2) is 18.2 Å². The quantitative estimate of drug-likeness (QED) is 0.536. The van der Waals surface area contributed by atoms with Gasteiger partial charge in [0.2, 0.25) is 13.6 Å². The summed E-state index contributed by atoms with van der Waals surface area (Å²) in [5, 5.41) is 2.28. The average Bonchev–Trinajstić information content (AvgIpc) is 3.23. The van der Waals surface area contributed by atoms with Gasteiger partial charge in [-0.25, -0.2) is 0 Å². The summed E-state index contributed by atoms with van der Waals surface area (Å²) in [6.07, 6.45) is 1.70. The highest BCUT2D eigenvalue weighted by molar-refractivity contribution is 6.08. The van der Waals surface area contributed by atoms with E-state index < -0.39 is 0 Å². The van der Waals surface area contributed by atoms with Crippen molar-refractivity contribution in [2.75, 3.05) is 13.6 Å². The first-order valence-corrected chi connectivity index (χ1v) is 7.56. The normalized spacial score (nSPS) is 14.5. The molecule has 24 heavy (non-hydrogen) atoms. The molecule has 0 saturated carbocycles. The van der Waals surface area contributed by atoms with Crippen LogP contribution in [0.4, 0.5) is 0 Å². The third-order valence-corrected chi connectivity index (χ3v) is 4.37. The molecule has 0 N–H and O–H groups in total. The van der Waals surface area contributed by atoms with Crippen molar-refractivity contribution < 1.29 is 18.9 Å². The molecule has 0 unspecified atom stereocenters. The van der Waals surface area contributed by atoms with Crippen LogP contribution in [0, 0.1) is 0 Å². The molecular formula is C18H13NO5. The second-order valence-corrected chi connectivity index (χ2v) is 5.68. The van der Waals surface area contributed by atoms with Gasteiger partial charge in [0, 0.05) is 23.4 Å². The maximum Gasteiger partial charge on any atom is 0.259 e. The molecule has 3 heterocycles. The minimum atomic E-state index is -0.102. The van der Waals surface area contributed by atoms with E-state index in [4.69, 9.17) is 18.9 Å². The maximum absolute atomic E-state index is 13.0. The van der Waals surface area contributed by atoms with Crippen LogP contribution in [0.2, 0.25) is 0 Å². The van der Waals surface area contributed by atoms with Crippen LogP contribution in [0.25, 0.3) is 21.7 Å². The lowest BCUT2D eigenvalue weighted by molar-refractivity contribution is 0.173. The Morgan fingerprint density at radius 1 is 0.875 bits per heavy atom. The van der Waals surface area contributed by atoms with Crippen molar-refractivity contribution in [2.24, 2.45) is 0 Å². The molecule has 0 aliphatic carbocycles. The van der Waals surface area contributed by atoms with Gasteiger partial charge in [-0.2, -0.15) is 0 Å². The highest BCUT2D eigenvalue weighted by Crippen LogP contribution is 2.41. The van der Waals surface area contributed by atoms with Gasteiger partial charge in [-0.15, -0.1) is 6.58 Å². The number of benzene rings is 2. The molecule has 0 atom stereocenters. The van der Waals surface area contributed by atoms with Gasteiger partial charge < -0.3 is 23.5 Å². The summed E-state index contributed by atoms with van der Waals surface area (Å²) in [7, 11) is 0. The Morgan fingerprint density at radius 2 is 1.42 bits per heavy atom. The van der Waals surface area contributed by atoms with Crippen molar-refractivity contribution in [2.45, 2.75) is 6.54 Å². The summed E-state index contributed by atoms with van der Waals surface area (Å²) in [5.41, 5.74) is 0.671.